The van der Waals surface area contributed by atoms with Gasteiger partial charge in [-0.05, 0) is 32.1 Å². The largest absolute Gasteiger partial charge is 0.472 e. The van der Waals surface area contributed by atoms with E-state index in [4.69, 9.17) is 9.05 Å². The summed E-state index contributed by atoms with van der Waals surface area (Å²) in [5.74, 6) is -0.178. The number of carbonyl (C=O) groups is 1. The molecule has 0 aromatic carbocycles. The SMILES string of the molecule is CCCCCCCCCCCCCCCCCCC/C=C/CC/C=C/C(O)C(COP(=O)(O)OCC[N+](C)(C)C)NC(=O)CCCCCCCCCCCCCCCCCCCCCCCCCCCCCCCCC. The van der Waals surface area contributed by atoms with Gasteiger partial charge in [0, 0.05) is 6.42 Å². The number of quaternary nitrogens is 1. The fourth-order valence-corrected chi connectivity index (χ4v) is 11.2. The van der Waals surface area contributed by atoms with E-state index in [-0.39, 0.29) is 19.1 Å². The molecule has 1 amide bonds. The van der Waals surface area contributed by atoms with E-state index in [9.17, 15) is 19.4 Å². The molecule has 76 heavy (non-hydrogen) atoms. The fraction of sp³-hybridized carbons (Fsp3) is 0.925. The summed E-state index contributed by atoms with van der Waals surface area (Å²) in [5.41, 5.74) is 0. The monoisotopic (exact) mass is 1090 g/mol. The molecule has 0 saturated heterocycles. The second-order valence-electron chi connectivity index (χ2n) is 24.6. The molecular weight excluding hydrogens is 960 g/mol. The fourth-order valence-electron chi connectivity index (χ4n) is 10.4. The molecule has 0 rings (SSSR count). The van der Waals surface area contributed by atoms with Crippen molar-refractivity contribution >= 4 is 13.7 Å². The Balaban J connectivity index is 4.07. The van der Waals surface area contributed by atoms with Crippen molar-refractivity contribution in [3.63, 3.8) is 0 Å². The van der Waals surface area contributed by atoms with Crippen molar-refractivity contribution in [1.82, 2.24) is 5.32 Å². The van der Waals surface area contributed by atoms with Crippen LogP contribution in [-0.4, -0.2) is 73.4 Å². The Labute approximate surface area is 474 Å². The molecule has 0 spiro atoms. The van der Waals surface area contributed by atoms with Crippen molar-refractivity contribution in [3.05, 3.63) is 24.3 Å². The third-order valence-electron chi connectivity index (χ3n) is 15.7. The molecular formula is C67H134N2O6P+. The van der Waals surface area contributed by atoms with E-state index in [2.05, 4.69) is 31.3 Å². The number of allylic oxidation sites excluding steroid dienone is 3. The number of unbranched alkanes of at least 4 members (excludes halogenated alkanes) is 48. The second kappa shape index (κ2) is 58.6. The molecule has 0 heterocycles. The third-order valence-corrected chi connectivity index (χ3v) is 16.7. The number of hydrogen-bond donors (Lipinski definition) is 3. The highest BCUT2D eigenvalue weighted by molar-refractivity contribution is 7.47. The Hall–Kier alpha value is -1.02. The zero-order valence-electron chi connectivity index (χ0n) is 51.8. The Morgan fingerprint density at radius 1 is 0.434 bits per heavy atom. The van der Waals surface area contributed by atoms with Crippen molar-refractivity contribution < 1.29 is 32.9 Å². The average Bonchev–Trinajstić information content (AvgIpc) is 3.38. The first-order valence-corrected chi connectivity index (χ1v) is 35.2. The summed E-state index contributed by atoms with van der Waals surface area (Å²) < 4.78 is 23.8. The second-order valence-corrected chi connectivity index (χ2v) is 26.0. The molecule has 0 aliphatic rings. The highest BCUT2D eigenvalue weighted by Gasteiger charge is 2.28. The number of phosphoric ester groups is 1. The lowest BCUT2D eigenvalue weighted by atomic mass is 10.0. The highest BCUT2D eigenvalue weighted by Crippen LogP contribution is 2.43. The van der Waals surface area contributed by atoms with Crippen molar-refractivity contribution in [3.8, 4) is 0 Å². The molecule has 0 aliphatic heterocycles. The number of rotatable bonds is 63. The maximum Gasteiger partial charge on any atom is 0.472 e. The standard InChI is InChI=1S/C67H133N2O6P/c1-6-8-10-12-14-16-18-20-22-24-26-28-30-31-32-33-34-35-36-37-39-41-43-45-47-49-51-53-55-57-59-61-67(71)68-65(64-75-76(72,73)74-63-62-69(3,4)5)66(70)60-58-56-54-52-50-48-46-44-42-40-38-29-27-25-23-21-19-17-15-13-11-9-7-2/h50,52,58,60,65-66,70H,6-49,51,53-57,59,61-64H2,1-5H3,(H-,68,71,72,73)/p+1/b52-50+,60-58+. The van der Waals surface area contributed by atoms with E-state index in [1.165, 1.54) is 289 Å². The Kier molecular flexibility index (Phi) is 57.8. The maximum atomic E-state index is 13.0. The number of aliphatic hydroxyl groups is 1. The van der Waals surface area contributed by atoms with E-state index in [1.54, 1.807) is 6.08 Å². The van der Waals surface area contributed by atoms with Crippen LogP contribution < -0.4 is 5.32 Å². The first kappa shape index (κ1) is 75.0. The third kappa shape index (κ3) is 60.6. The van der Waals surface area contributed by atoms with E-state index < -0.39 is 20.0 Å². The number of nitrogens with zero attached hydrogens (tertiary/aromatic N) is 1. The van der Waals surface area contributed by atoms with Gasteiger partial charge in [-0.3, -0.25) is 13.8 Å². The van der Waals surface area contributed by atoms with Crippen LogP contribution in [-0.2, 0) is 18.4 Å². The molecule has 0 radical (unpaired) electrons. The van der Waals surface area contributed by atoms with E-state index in [0.29, 0.717) is 17.4 Å². The molecule has 0 bridgehead atoms. The number of nitrogens with one attached hydrogen (secondary N) is 1. The van der Waals surface area contributed by atoms with Gasteiger partial charge >= 0.3 is 7.82 Å². The predicted molar refractivity (Wildman–Crippen MR) is 332 cm³/mol. The number of amides is 1. The van der Waals surface area contributed by atoms with Crippen LogP contribution in [0.4, 0.5) is 0 Å². The smallest absolute Gasteiger partial charge is 0.387 e. The highest BCUT2D eigenvalue weighted by atomic mass is 31.2. The Morgan fingerprint density at radius 3 is 1.05 bits per heavy atom. The normalized spacial score (nSPS) is 13.8. The summed E-state index contributed by atoms with van der Waals surface area (Å²) >= 11 is 0. The van der Waals surface area contributed by atoms with Gasteiger partial charge in [-0.15, -0.1) is 0 Å². The number of aliphatic hydroxyl groups excluding tert-OH is 1. The van der Waals surface area contributed by atoms with Crippen molar-refractivity contribution in [2.75, 3.05) is 40.9 Å². The maximum absolute atomic E-state index is 13.0. The molecule has 0 saturated carbocycles. The van der Waals surface area contributed by atoms with Gasteiger partial charge in [0.15, 0.2) is 0 Å². The van der Waals surface area contributed by atoms with Gasteiger partial charge in [0.25, 0.3) is 0 Å². The van der Waals surface area contributed by atoms with E-state index in [0.717, 1.165) is 38.5 Å². The van der Waals surface area contributed by atoms with Crippen LogP contribution in [0.15, 0.2) is 24.3 Å². The summed E-state index contributed by atoms with van der Waals surface area (Å²) in [6.07, 6.45) is 76.1. The molecule has 0 aliphatic carbocycles. The molecule has 3 N–H and O–H groups in total. The molecule has 0 aromatic rings. The van der Waals surface area contributed by atoms with E-state index >= 15 is 0 Å². The Bertz CT molecular complexity index is 1290. The molecule has 0 fully saturated rings. The number of phosphoric acid groups is 1. The van der Waals surface area contributed by atoms with Gasteiger partial charge in [0.2, 0.25) is 5.91 Å². The van der Waals surface area contributed by atoms with Crippen LogP contribution in [0.2, 0.25) is 0 Å². The molecule has 8 nitrogen and oxygen atoms in total. The van der Waals surface area contributed by atoms with Crippen LogP contribution in [0.3, 0.4) is 0 Å². The van der Waals surface area contributed by atoms with E-state index in [1.807, 2.05) is 27.2 Å². The molecule has 3 unspecified atom stereocenters. The van der Waals surface area contributed by atoms with Crippen molar-refractivity contribution in [1.29, 1.82) is 0 Å². The van der Waals surface area contributed by atoms with Gasteiger partial charge < -0.3 is 19.8 Å². The summed E-state index contributed by atoms with van der Waals surface area (Å²) in [4.78, 5) is 23.4. The minimum atomic E-state index is -4.36. The van der Waals surface area contributed by atoms with Crippen LogP contribution in [0.1, 0.15) is 348 Å². The summed E-state index contributed by atoms with van der Waals surface area (Å²) in [6.45, 7) is 4.86. The molecule has 3 atom stereocenters. The number of carbonyl (C=O) groups excluding carboxylic acids is 1. The zero-order chi connectivity index (χ0) is 55.6. The van der Waals surface area contributed by atoms with Gasteiger partial charge in [-0.2, -0.15) is 0 Å². The lowest BCUT2D eigenvalue weighted by Crippen LogP contribution is -2.45. The summed E-state index contributed by atoms with van der Waals surface area (Å²) in [7, 11) is 1.57. The zero-order valence-corrected chi connectivity index (χ0v) is 52.7. The summed E-state index contributed by atoms with van der Waals surface area (Å²) in [6, 6.07) is -0.861. The van der Waals surface area contributed by atoms with Crippen LogP contribution in [0.5, 0.6) is 0 Å². The lowest BCUT2D eigenvalue weighted by Gasteiger charge is -2.25. The molecule has 452 valence electrons. The van der Waals surface area contributed by atoms with Crippen LogP contribution >= 0.6 is 7.82 Å². The minimum absolute atomic E-state index is 0.0590. The van der Waals surface area contributed by atoms with Crippen molar-refractivity contribution in [2.24, 2.45) is 0 Å². The van der Waals surface area contributed by atoms with Gasteiger partial charge in [0.05, 0.1) is 39.9 Å². The quantitative estimate of drug-likeness (QED) is 0.0243. The molecule has 9 heteroatoms. The first-order valence-electron chi connectivity index (χ1n) is 33.7. The van der Waals surface area contributed by atoms with Gasteiger partial charge in [-0.25, -0.2) is 4.57 Å². The lowest BCUT2D eigenvalue weighted by molar-refractivity contribution is -0.870. The van der Waals surface area contributed by atoms with Gasteiger partial charge in [0.1, 0.15) is 13.2 Å². The first-order chi connectivity index (χ1) is 37.0. The average molecular weight is 1090 g/mol. The summed E-state index contributed by atoms with van der Waals surface area (Å²) in [5, 5.41) is 14.0. The number of hydrogen-bond acceptors (Lipinski definition) is 5. The predicted octanol–water partition coefficient (Wildman–Crippen LogP) is 21.1. The van der Waals surface area contributed by atoms with Crippen LogP contribution in [0.25, 0.3) is 0 Å². The van der Waals surface area contributed by atoms with Gasteiger partial charge in [-0.1, -0.05) is 334 Å². The minimum Gasteiger partial charge on any atom is -0.387 e. The van der Waals surface area contributed by atoms with Crippen LogP contribution in [0, 0.1) is 0 Å². The van der Waals surface area contributed by atoms with Crippen molar-refractivity contribution in [2.45, 2.75) is 360 Å². The Morgan fingerprint density at radius 2 is 0.724 bits per heavy atom. The number of likely N-dealkylation sites (N-methyl/N-ethyl adjacent to an activating group) is 1. The topological polar surface area (TPSA) is 105 Å². The molecule has 0 aromatic heterocycles.